The molecule has 1 N–H and O–H groups in total. The molecule has 0 aliphatic carbocycles. The number of imidazole rings is 1. The van der Waals surface area contributed by atoms with Crippen LogP contribution in [0.25, 0.3) is 5.65 Å². The molecule has 1 amide bonds. The van der Waals surface area contributed by atoms with Gasteiger partial charge in [0, 0.05) is 24.3 Å². The quantitative estimate of drug-likeness (QED) is 0.801. The van der Waals surface area contributed by atoms with Crippen LogP contribution in [-0.2, 0) is 6.42 Å². The van der Waals surface area contributed by atoms with Gasteiger partial charge in [-0.05, 0) is 42.3 Å². The van der Waals surface area contributed by atoms with Gasteiger partial charge >= 0.3 is 0 Å². The topological polar surface area (TPSA) is 46.4 Å². The van der Waals surface area contributed by atoms with Gasteiger partial charge < -0.3 is 9.72 Å². The van der Waals surface area contributed by atoms with Crippen molar-refractivity contribution in [3.05, 3.63) is 65.9 Å². The average molecular weight is 283 g/mol. The third kappa shape index (κ3) is 2.63. The zero-order chi connectivity index (χ0) is 14.8. The van der Waals surface area contributed by atoms with Gasteiger partial charge in [-0.3, -0.25) is 4.79 Å². The SMILES string of the molecule is CCc1cc(NC(=O)c2ccc3nccn3c2)ccc1F. The number of pyridine rings is 1. The van der Waals surface area contributed by atoms with Gasteiger partial charge in [0.15, 0.2) is 0 Å². The van der Waals surface area contributed by atoms with Crippen molar-refractivity contribution in [3.63, 3.8) is 0 Å². The predicted molar refractivity (Wildman–Crippen MR) is 78.9 cm³/mol. The highest BCUT2D eigenvalue weighted by Gasteiger charge is 2.09. The van der Waals surface area contributed by atoms with E-state index in [1.807, 2.05) is 6.92 Å². The summed E-state index contributed by atoms with van der Waals surface area (Å²) in [7, 11) is 0. The Balaban J connectivity index is 1.85. The van der Waals surface area contributed by atoms with Crippen LogP contribution >= 0.6 is 0 Å². The van der Waals surface area contributed by atoms with E-state index in [2.05, 4.69) is 10.3 Å². The third-order valence-electron chi connectivity index (χ3n) is 3.34. The van der Waals surface area contributed by atoms with Crippen LogP contribution in [0.3, 0.4) is 0 Å². The second-order valence-corrected chi connectivity index (χ2v) is 4.72. The lowest BCUT2D eigenvalue weighted by atomic mass is 10.1. The van der Waals surface area contributed by atoms with Crippen LogP contribution in [0.4, 0.5) is 10.1 Å². The van der Waals surface area contributed by atoms with Gasteiger partial charge in [0.2, 0.25) is 0 Å². The fraction of sp³-hybridized carbons (Fsp3) is 0.125. The van der Waals surface area contributed by atoms with Crippen molar-refractivity contribution in [2.24, 2.45) is 0 Å². The molecule has 4 nitrogen and oxygen atoms in total. The normalized spacial score (nSPS) is 10.8. The fourth-order valence-corrected chi connectivity index (χ4v) is 2.18. The number of aromatic nitrogens is 2. The monoisotopic (exact) mass is 283 g/mol. The third-order valence-corrected chi connectivity index (χ3v) is 3.34. The summed E-state index contributed by atoms with van der Waals surface area (Å²) in [6.07, 6.45) is 5.74. The van der Waals surface area contributed by atoms with E-state index in [1.165, 1.54) is 6.07 Å². The molecule has 2 heterocycles. The summed E-state index contributed by atoms with van der Waals surface area (Å²) < 4.78 is 15.2. The first kappa shape index (κ1) is 13.3. The Hall–Kier alpha value is -2.69. The Bertz CT molecular complexity index is 810. The first-order valence-corrected chi connectivity index (χ1v) is 6.70. The van der Waals surface area contributed by atoms with Gasteiger partial charge in [0.25, 0.3) is 5.91 Å². The van der Waals surface area contributed by atoms with E-state index in [0.717, 1.165) is 5.65 Å². The summed E-state index contributed by atoms with van der Waals surface area (Å²) in [4.78, 5) is 16.4. The van der Waals surface area contributed by atoms with Crippen LogP contribution in [0.5, 0.6) is 0 Å². The van der Waals surface area contributed by atoms with Crippen LogP contribution in [0.2, 0.25) is 0 Å². The summed E-state index contributed by atoms with van der Waals surface area (Å²) in [5.74, 6) is -0.491. The second-order valence-electron chi connectivity index (χ2n) is 4.72. The first-order chi connectivity index (χ1) is 10.2. The molecule has 0 atom stereocenters. The van der Waals surface area contributed by atoms with Crippen molar-refractivity contribution in [1.82, 2.24) is 9.38 Å². The molecule has 3 aromatic rings. The van der Waals surface area contributed by atoms with E-state index < -0.39 is 0 Å². The summed E-state index contributed by atoms with van der Waals surface area (Å²) in [6, 6.07) is 8.07. The number of halogens is 1. The summed E-state index contributed by atoms with van der Waals surface area (Å²) in [5.41, 5.74) is 2.46. The molecule has 1 aromatic carbocycles. The van der Waals surface area contributed by atoms with Gasteiger partial charge in [-0.2, -0.15) is 0 Å². The average Bonchev–Trinajstić information content (AvgIpc) is 2.96. The number of amides is 1. The number of hydrogen-bond acceptors (Lipinski definition) is 2. The Morgan fingerprint density at radius 2 is 2.19 bits per heavy atom. The molecule has 0 saturated heterocycles. The van der Waals surface area contributed by atoms with Crippen molar-refractivity contribution in [2.45, 2.75) is 13.3 Å². The zero-order valence-corrected chi connectivity index (χ0v) is 11.5. The van der Waals surface area contributed by atoms with E-state index in [9.17, 15) is 9.18 Å². The molecule has 0 aliphatic rings. The molecular formula is C16H14FN3O. The molecule has 0 spiro atoms. The van der Waals surface area contributed by atoms with Crippen molar-refractivity contribution >= 4 is 17.2 Å². The van der Waals surface area contributed by atoms with Gasteiger partial charge in [-0.15, -0.1) is 0 Å². The number of aryl methyl sites for hydroxylation is 1. The molecule has 21 heavy (non-hydrogen) atoms. The van der Waals surface area contributed by atoms with Crippen LogP contribution in [0.1, 0.15) is 22.8 Å². The summed E-state index contributed by atoms with van der Waals surface area (Å²) in [5, 5.41) is 2.78. The summed E-state index contributed by atoms with van der Waals surface area (Å²) >= 11 is 0. The number of hydrogen-bond donors (Lipinski definition) is 1. The highest BCUT2D eigenvalue weighted by atomic mass is 19.1. The maximum absolute atomic E-state index is 13.4. The van der Waals surface area contributed by atoms with E-state index >= 15 is 0 Å². The minimum Gasteiger partial charge on any atom is -0.322 e. The zero-order valence-electron chi connectivity index (χ0n) is 11.5. The smallest absolute Gasteiger partial charge is 0.257 e. The van der Waals surface area contributed by atoms with Crippen molar-refractivity contribution < 1.29 is 9.18 Å². The number of anilines is 1. The van der Waals surface area contributed by atoms with Gasteiger partial charge in [-0.1, -0.05) is 6.92 Å². The molecule has 0 aliphatic heterocycles. The molecule has 2 aromatic heterocycles. The molecule has 0 fully saturated rings. The number of nitrogens with zero attached hydrogens (tertiary/aromatic N) is 2. The van der Waals surface area contributed by atoms with E-state index in [-0.39, 0.29) is 11.7 Å². The standard InChI is InChI=1S/C16H14FN3O/c1-2-11-9-13(4-5-14(11)17)19-16(21)12-3-6-15-18-7-8-20(15)10-12/h3-10H,2H2,1H3,(H,19,21). The number of fused-ring (bicyclic) bond motifs is 1. The van der Waals surface area contributed by atoms with Crippen LogP contribution in [0, 0.1) is 5.82 Å². The van der Waals surface area contributed by atoms with Gasteiger partial charge in [0.05, 0.1) is 5.56 Å². The lowest BCUT2D eigenvalue weighted by molar-refractivity contribution is 0.102. The fourth-order valence-electron chi connectivity index (χ4n) is 2.18. The highest BCUT2D eigenvalue weighted by molar-refractivity contribution is 6.04. The Kier molecular flexibility index (Phi) is 3.39. The lowest BCUT2D eigenvalue weighted by Crippen LogP contribution is -2.13. The Morgan fingerprint density at radius 3 is 3.00 bits per heavy atom. The number of rotatable bonds is 3. The summed E-state index contributed by atoms with van der Waals surface area (Å²) in [6.45, 7) is 1.87. The number of carbonyl (C=O) groups excluding carboxylic acids is 1. The van der Waals surface area contributed by atoms with E-state index in [0.29, 0.717) is 23.2 Å². The molecule has 5 heteroatoms. The molecule has 0 bridgehead atoms. The van der Waals surface area contributed by atoms with Crippen LogP contribution in [0.15, 0.2) is 48.9 Å². The molecule has 0 saturated carbocycles. The van der Waals surface area contributed by atoms with Crippen molar-refractivity contribution in [2.75, 3.05) is 5.32 Å². The van der Waals surface area contributed by atoms with Crippen LogP contribution < -0.4 is 5.32 Å². The predicted octanol–water partition coefficient (Wildman–Crippen LogP) is 3.29. The largest absolute Gasteiger partial charge is 0.322 e. The molecule has 3 rings (SSSR count). The number of carbonyl (C=O) groups is 1. The maximum Gasteiger partial charge on any atom is 0.257 e. The van der Waals surface area contributed by atoms with E-state index in [4.69, 9.17) is 0 Å². The molecule has 0 radical (unpaired) electrons. The maximum atomic E-state index is 13.4. The van der Waals surface area contributed by atoms with Crippen LogP contribution in [-0.4, -0.2) is 15.3 Å². The van der Waals surface area contributed by atoms with Crippen molar-refractivity contribution in [1.29, 1.82) is 0 Å². The van der Waals surface area contributed by atoms with E-state index in [1.54, 1.807) is 47.3 Å². The minimum atomic E-state index is -0.254. The Labute approximate surface area is 121 Å². The number of benzene rings is 1. The van der Waals surface area contributed by atoms with Gasteiger partial charge in [-0.25, -0.2) is 9.37 Å². The first-order valence-electron chi connectivity index (χ1n) is 6.70. The Morgan fingerprint density at radius 1 is 1.33 bits per heavy atom. The highest BCUT2D eigenvalue weighted by Crippen LogP contribution is 2.16. The minimum absolute atomic E-state index is 0.237. The van der Waals surface area contributed by atoms with Gasteiger partial charge in [0.1, 0.15) is 11.5 Å². The van der Waals surface area contributed by atoms with Crippen molar-refractivity contribution in [3.8, 4) is 0 Å². The molecule has 0 unspecified atom stereocenters. The molecular weight excluding hydrogens is 269 g/mol. The molecule has 106 valence electrons. The lowest BCUT2D eigenvalue weighted by Gasteiger charge is -2.08. The second kappa shape index (κ2) is 5.36. The number of nitrogens with one attached hydrogen (secondary N) is 1.